The first-order valence-corrected chi connectivity index (χ1v) is 14.7. The molecule has 0 atom stereocenters. The van der Waals surface area contributed by atoms with Crippen molar-refractivity contribution in [2.24, 2.45) is 0 Å². The van der Waals surface area contributed by atoms with Gasteiger partial charge in [0.1, 0.15) is 22.4 Å². The summed E-state index contributed by atoms with van der Waals surface area (Å²) in [6.45, 7) is 1.50. The highest BCUT2D eigenvalue weighted by Gasteiger charge is 2.38. The number of methoxy groups -OCH3 is 1. The molecule has 0 unspecified atom stereocenters. The summed E-state index contributed by atoms with van der Waals surface area (Å²) in [7, 11) is -2.41. The van der Waals surface area contributed by atoms with Crippen molar-refractivity contribution in [2.45, 2.75) is 31.6 Å². The standard InChI is InChI=1S/C29H24ClFN4O5S/c1-15-10-21-24(13-22(15)31)35(14-17-11-16-5-6-18(40-2)12-23(16)33-27(17)30)26(25(21)20-4-3-9-32-28(20)36)29(37)34-41(38,39)19-7-8-19/h3-6,9-13,19H,7-8,14H2,1-2H3,(H,32,36)(H,34,37). The summed E-state index contributed by atoms with van der Waals surface area (Å²) in [5.74, 6) is -0.860. The van der Waals surface area contributed by atoms with Crippen LogP contribution in [0.5, 0.6) is 5.75 Å². The van der Waals surface area contributed by atoms with Gasteiger partial charge < -0.3 is 14.3 Å². The molecule has 41 heavy (non-hydrogen) atoms. The topological polar surface area (TPSA) is 123 Å². The first kappa shape index (κ1) is 27.0. The molecule has 1 fully saturated rings. The summed E-state index contributed by atoms with van der Waals surface area (Å²) < 4.78 is 49.6. The minimum absolute atomic E-state index is 0.0657. The Bertz CT molecular complexity index is 2050. The van der Waals surface area contributed by atoms with Gasteiger partial charge in [0.2, 0.25) is 10.0 Å². The minimum Gasteiger partial charge on any atom is -0.497 e. The zero-order valence-electron chi connectivity index (χ0n) is 22.0. The van der Waals surface area contributed by atoms with E-state index in [0.717, 1.165) is 5.39 Å². The molecule has 1 saturated carbocycles. The van der Waals surface area contributed by atoms with Crippen molar-refractivity contribution in [1.82, 2.24) is 19.3 Å². The fourth-order valence-electron chi connectivity index (χ4n) is 4.98. The summed E-state index contributed by atoms with van der Waals surface area (Å²) >= 11 is 6.60. The lowest BCUT2D eigenvalue weighted by Gasteiger charge is -2.14. The van der Waals surface area contributed by atoms with Crippen LogP contribution in [0.15, 0.2) is 59.5 Å². The number of fused-ring (bicyclic) bond motifs is 2. The van der Waals surface area contributed by atoms with Crippen molar-refractivity contribution in [3.63, 3.8) is 0 Å². The van der Waals surface area contributed by atoms with E-state index in [1.165, 1.54) is 22.9 Å². The SMILES string of the molecule is COc1ccc2cc(Cn3c(C(=O)NS(=O)(=O)C4CC4)c(-c4ccc[nH]c4=O)c4cc(C)c(F)cc43)c(Cl)nc2c1. The summed E-state index contributed by atoms with van der Waals surface area (Å²) in [4.78, 5) is 33.9. The first-order chi connectivity index (χ1) is 19.6. The van der Waals surface area contributed by atoms with E-state index in [0.29, 0.717) is 40.6 Å². The molecule has 5 aromatic rings. The molecule has 1 aliphatic rings. The van der Waals surface area contributed by atoms with Crippen LogP contribution in [0.3, 0.4) is 0 Å². The normalized spacial score (nSPS) is 13.6. The van der Waals surface area contributed by atoms with Crippen LogP contribution in [-0.2, 0) is 16.6 Å². The number of nitrogens with one attached hydrogen (secondary N) is 2. The number of carbonyl (C=O) groups excluding carboxylic acids is 1. The van der Waals surface area contributed by atoms with Crippen LogP contribution in [0, 0.1) is 12.7 Å². The number of benzene rings is 2. The number of aryl methyl sites for hydroxylation is 1. The molecule has 1 aliphatic carbocycles. The van der Waals surface area contributed by atoms with Gasteiger partial charge in [-0.3, -0.25) is 9.59 Å². The average molecular weight is 595 g/mol. The zero-order valence-corrected chi connectivity index (χ0v) is 23.6. The predicted molar refractivity (Wildman–Crippen MR) is 155 cm³/mol. The Balaban J connectivity index is 1.62. The van der Waals surface area contributed by atoms with E-state index in [2.05, 4.69) is 14.7 Å². The maximum atomic E-state index is 15.0. The number of hydrogen-bond donors (Lipinski definition) is 2. The number of H-pyrrole nitrogens is 1. The third-order valence-electron chi connectivity index (χ3n) is 7.22. The molecule has 210 valence electrons. The van der Waals surface area contributed by atoms with E-state index in [9.17, 15) is 18.0 Å². The molecule has 9 nitrogen and oxygen atoms in total. The van der Waals surface area contributed by atoms with E-state index in [-0.39, 0.29) is 34.0 Å². The van der Waals surface area contributed by atoms with E-state index >= 15 is 4.39 Å². The van der Waals surface area contributed by atoms with Crippen molar-refractivity contribution in [1.29, 1.82) is 0 Å². The van der Waals surface area contributed by atoms with Crippen LogP contribution in [0.2, 0.25) is 5.15 Å². The third kappa shape index (κ3) is 4.85. The molecule has 3 aromatic heterocycles. The van der Waals surface area contributed by atoms with Gasteiger partial charge in [0.05, 0.1) is 29.9 Å². The second kappa shape index (κ2) is 10.0. The number of carbonyl (C=O) groups is 1. The van der Waals surface area contributed by atoms with E-state index in [4.69, 9.17) is 16.3 Å². The third-order valence-corrected chi connectivity index (χ3v) is 9.37. The number of halogens is 2. The molecule has 2 aromatic carbocycles. The predicted octanol–water partition coefficient (Wildman–Crippen LogP) is 4.92. The second-order valence-electron chi connectivity index (χ2n) is 10.0. The van der Waals surface area contributed by atoms with Gasteiger partial charge in [0.25, 0.3) is 11.5 Å². The molecule has 2 N–H and O–H groups in total. The monoisotopic (exact) mass is 594 g/mol. The van der Waals surface area contributed by atoms with Crippen molar-refractivity contribution in [3.05, 3.63) is 92.9 Å². The number of ether oxygens (including phenoxy) is 1. The maximum absolute atomic E-state index is 15.0. The molecule has 12 heteroatoms. The van der Waals surface area contributed by atoms with Gasteiger partial charge in [-0.1, -0.05) is 11.6 Å². The summed E-state index contributed by atoms with van der Waals surface area (Å²) in [5.41, 5.74) is 1.36. The number of rotatable bonds is 7. The largest absolute Gasteiger partial charge is 0.497 e. The number of sulfonamides is 1. The van der Waals surface area contributed by atoms with Gasteiger partial charge in [-0.2, -0.15) is 0 Å². The van der Waals surface area contributed by atoms with Gasteiger partial charge in [-0.05, 0) is 67.8 Å². The lowest BCUT2D eigenvalue weighted by Crippen LogP contribution is -2.35. The van der Waals surface area contributed by atoms with Crippen molar-refractivity contribution in [3.8, 4) is 16.9 Å². The van der Waals surface area contributed by atoms with Gasteiger partial charge >= 0.3 is 0 Å². The lowest BCUT2D eigenvalue weighted by molar-refractivity contribution is 0.0974. The van der Waals surface area contributed by atoms with E-state index < -0.39 is 32.6 Å². The minimum atomic E-state index is -3.95. The lowest BCUT2D eigenvalue weighted by atomic mass is 10.0. The second-order valence-corrected chi connectivity index (χ2v) is 12.3. The van der Waals surface area contributed by atoms with Crippen LogP contribution >= 0.6 is 11.6 Å². The number of nitrogens with zero attached hydrogens (tertiary/aromatic N) is 2. The fourth-order valence-corrected chi connectivity index (χ4v) is 6.47. The van der Waals surface area contributed by atoms with Crippen LogP contribution in [-0.4, -0.2) is 41.2 Å². The van der Waals surface area contributed by atoms with Crippen LogP contribution in [0.25, 0.3) is 32.9 Å². The Kier molecular flexibility index (Phi) is 6.58. The summed E-state index contributed by atoms with van der Waals surface area (Å²) in [6, 6.07) is 13.0. The van der Waals surface area contributed by atoms with Crippen molar-refractivity contribution >= 4 is 49.3 Å². The van der Waals surface area contributed by atoms with Gasteiger partial charge in [0, 0.05) is 39.7 Å². The molecule has 0 saturated heterocycles. The van der Waals surface area contributed by atoms with Gasteiger partial charge in [0.15, 0.2) is 0 Å². The average Bonchev–Trinajstić information content (AvgIpc) is 3.75. The number of hydrogen-bond acceptors (Lipinski definition) is 6. The highest BCUT2D eigenvalue weighted by atomic mass is 35.5. The molecule has 3 heterocycles. The van der Waals surface area contributed by atoms with E-state index in [1.54, 1.807) is 44.4 Å². The zero-order chi connectivity index (χ0) is 29.1. The molecule has 0 radical (unpaired) electrons. The highest BCUT2D eigenvalue weighted by Crippen LogP contribution is 2.37. The molecule has 0 bridgehead atoms. The fraction of sp³-hybridized carbons (Fsp3) is 0.207. The number of amides is 1. The molecule has 1 amide bonds. The summed E-state index contributed by atoms with van der Waals surface area (Å²) in [5, 5.41) is 0.620. The van der Waals surface area contributed by atoms with Crippen molar-refractivity contribution < 1.29 is 22.3 Å². The smallest absolute Gasteiger partial charge is 0.282 e. The Labute approximate surface area is 239 Å². The molecular weight excluding hydrogens is 571 g/mol. The Hall–Kier alpha value is -4.22. The van der Waals surface area contributed by atoms with Gasteiger partial charge in [-0.25, -0.2) is 22.5 Å². The quantitative estimate of drug-likeness (QED) is 0.258. The van der Waals surface area contributed by atoms with E-state index in [1.807, 2.05) is 6.07 Å². The van der Waals surface area contributed by atoms with Crippen LogP contribution < -0.4 is 15.0 Å². The van der Waals surface area contributed by atoms with Crippen LogP contribution in [0.1, 0.15) is 34.5 Å². The Morgan fingerprint density at radius 3 is 2.71 bits per heavy atom. The number of pyridine rings is 2. The van der Waals surface area contributed by atoms with Crippen LogP contribution in [0.4, 0.5) is 4.39 Å². The molecular formula is C29H24ClFN4O5S. The molecule has 0 spiro atoms. The van der Waals surface area contributed by atoms with Crippen molar-refractivity contribution in [2.75, 3.05) is 7.11 Å². The Morgan fingerprint density at radius 1 is 1.22 bits per heavy atom. The summed E-state index contributed by atoms with van der Waals surface area (Å²) in [6.07, 6.45) is 2.34. The Morgan fingerprint density at radius 2 is 2.00 bits per heavy atom. The molecule has 6 rings (SSSR count). The van der Waals surface area contributed by atoms with Gasteiger partial charge in [-0.15, -0.1) is 0 Å². The maximum Gasteiger partial charge on any atom is 0.282 e. The number of aromatic amines is 1. The highest BCUT2D eigenvalue weighted by molar-refractivity contribution is 7.91. The number of aromatic nitrogens is 3. The molecule has 0 aliphatic heterocycles. The first-order valence-electron chi connectivity index (χ1n) is 12.8.